The van der Waals surface area contributed by atoms with E-state index in [4.69, 9.17) is 4.98 Å². The largest absolute Gasteiger partial charge is 0.309 e. The molecule has 9 aromatic carbocycles. The number of rotatable bonds is 4. The summed E-state index contributed by atoms with van der Waals surface area (Å²) in [5.41, 5.74) is 11.7. The van der Waals surface area contributed by atoms with Crippen molar-refractivity contribution >= 4 is 76.1 Å². The topological polar surface area (TPSA) is 22.8 Å². The van der Waals surface area contributed by atoms with Crippen LogP contribution in [0.15, 0.2) is 200 Å². The molecule has 3 heterocycles. The Labute approximate surface area is 322 Å². The Hall–Kier alpha value is -7.49. The van der Waals surface area contributed by atoms with Gasteiger partial charge >= 0.3 is 0 Å². The van der Waals surface area contributed by atoms with Crippen LogP contribution in [0.4, 0.5) is 0 Å². The van der Waals surface area contributed by atoms with Gasteiger partial charge in [-0.25, -0.2) is 4.98 Å². The van der Waals surface area contributed by atoms with Crippen molar-refractivity contribution in [2.75, 3.05) is 0 Å². The molecule has 0 atom stereocenters. The van der Waals surface area contributed by atoms with Crippen LogP contribution in [-0.4, -0.2) is 14.1 Å². The zero-order chi connectivity index (χ0) is 36.7. The molecule has 3 aromatic heterocycles. The minimum Gasteiger partial charge on any atom is -0.309 e. The number of hydrogen-bond donors (Lipinski definition) is 0. The summed E-state index contributed by atoms with van der Waals surface area (Å²) in [7, 11) is 0. The second kappa shape index (κ2) is 12.0. The van der Waals surface area contributed by atoms with E-state index in [1.807, 2.05) is 12.3 Å². The van der Waals surface area contributed by atoms with Crippen LogP contribution >= 0.6 is 0 Å². The van der Waals surface area contributed by atoms with Crippen LogP contribution < -0.4 is 0 Å². The normalized spacial score (nSPS) is 11.9. The summed E-state index contributed by atoms with van der Waals surface area (Å²) in [6.45, 7) is 0. The Balaban J connectivity index is 1.17. The molecule has 0 unspecified atom stereocenters. The Kier molecular flexibility index (Phi) is 6.63. The SMILES string of the molecule is c1ccc(-n2c3ccc(-c4c5ccccc5c(-c5cccc6ccccc56)c5ccccc45)cc3c3cc(-n4c5ccccc5c5cccnc54)ccc32)cc1. The molecule has 0 aliphatic rings. The maximum Gasteiger partial charge on any atom is 0.145 e. The average molecular weight is 712 g/mol. The van der Waals surface area contributed by atoms with Crippen molar-refractivity contribution in [1.29, 1.82) is 0 Å². The number of nitrogens with zero attached hydrogens (tertiary/aromatic N) is 3. The van der Waals surface area contributed by atoms with E-state index in [1.54, 1.807) is 0 Å². The van der Waals surface area contributed by atoms with E-state index in [0.29, 0.717) is 0 Å². The summed E-state index contributed by atoms with van der Waals surface area (Å²) in [5.74, 6) is 0. The highest BCUT2D eigenvalue weighted by molar-refractivity contribution is 6.24. The minimum absolute atomic E-state index is 0.963. The Bertz CT molecular complexity index is 3420. The predicted molar refractivity (Wildman–Crippen MR) is 236 cm³/mol. The molecule has 0 radical (unpaired) electrons. The molecule has 3 heteroatoms. The lowest BCUT2D eigenvalue weighted by molar-refractivity contribution is 1.13. The van der Waals surface area contributed by atoms with Gasteiger partial charge in [-0.15, -0.1) is 0 Å². The molecule has 0 fully saturated rings. The number of fused-ring (bicyclic) bond motifs is 9. The highest BCUT2D eigenvalue weighted by Gasteiger charge is 2.21. The van der Waals surface area contributed by atoms with Gasteiger partial charge in [-0.05, 0) is 115 Å². The highest BCUT2D eigenvalue weighted by atomic mass is 15.0. The summed E-state index contributed by atoms with van der Waals surface area (Å²) >= 11 is 0. The molecule has 0 saturated heterocycles. The third-order valence-electron chi connectivity index (χ3n) is 11.7. The Morgan fingerprint density at radius 2 is 0.893 bits per heavy atom. The lowest BCUT2D eigenvalue weighted by Gasteiger charge is -2.19. The Morgan fingerprint density at radius 1 is 0.321 bits per heavy atom. The minimum atomic E-state index is 0.963. The molecule has 0 aliphatic carbocycles. The first kappa shape index (κ1) is 30.9. The van der Waals surface area contributed by atoms with Crippen LogP contribution in [0.1, 0.15) is 0 Å². The molecule has 56 heavy (non-hydrogen) atoms. The lowest BCUT2D eigenvalue weighted by Crippen LogP contribution is -1.96. The smallest absolute Gasteiger partial charge is 0.145 e. The summed E-state index contributed by atoms with van der Waals surface area (Å²) in [6, 6.07) is 70.8. The van der Waals surface area contributed by atoms with E-state index >= 15 is 0 Å². The third kappa shape index (κ3) is 4.43. The molecule has 0 amide bonds. The van der Waals surface area contributed by atoms with Gasteiger partial charge in [0.2, 0.25) is 0 Å². The molecule has 12 aromatic rings. The first-order chi connectivity index (χ1) is 27.8. The number of para-hydroxylation sites is 2. The molecular formula is C53H33N3. The fourth-order valence-corrected chi connectivity index (χ4v) is 9.39. The van der Waals surface area contributed by atoms with Gasteiger partial charge in [0, 0.05) is 39.1 Å². The molecular weight excluding hydrogens is 679 g/mol. The van der Waals surface area contributed by atoms with Crippen molar-refractivity contribution in [3.8, 4) is 33.6 Å². The standard InChI is InChI=1S/C53H33N3/c1-2-16-36(17-3-1)55-49-29-27-35(32-46(49)47-33-37(28-30-50(47)55)56-48-26-11-10-19-39(48)45-25-13-31-54-53(45)56)51-41-20-6-8-22-43(41)52(44-23-9-7-21-42(44)51)40-24-12-15-34-14-4-5-18-38(34)40/h1-33H. The van der Waals surface area contributed by atoms with Crippen LogP contribution in [0.3, 0.4) is 0 Å². The van der Waals surface area contributed by atoms with Gasteiger partial charge < -0.3 is 4.57 Å². The first-order valence-electron chi connectivity index (χ1n) is 19.2. The van der Waals surface area contributed by atoms with E-state index in [1.165, 1.54) is 81.8 Å². The van der Waals surface area contributed by atoms with Crippen molar-refractivity contribution in [3.05, 3.63) is 200 Å². The van der Waals surface area contributed by atoms with E-state index in [9.17, 15) is 0 Å². The summed E-state index contributed by atoms with van der Waals surface area (Å²) in [6.07, 6.45) is 1.89. The second-order valence-corrected chi connectivity index (χ2v) is 14.7. The van der Waals surface area contributed by atoms with Gasteiger partial charge in [0.05, 0.1) is 16.6 Å². The van der Waals surface area contributed by atoms with Crippen molar-refractivity contribution in [2.45, 2.75) is 0 Å². The third-order valence-corrected chi connectivity index (χ3v) is 11.7. The van der Waals surface area contributed by atoms with Gasteiger partial charge in [0.25, 0.3) is 0 Å². The fraction of sp³-hybridized carbons (Fsp3) is 0. The van der Waals surface area contributed by atoms with Crippen LogP contribution in [0.2, 0.25) is 0 Å². The average Bonchev–Trinajstić information content (AvgIpc) is 3.78. The molecule has 0 aliphatic heterocycles. The number of pyridine rings is 1. The maximum absolute atomic E-state index is 4.91. The second-order valence-electron chi connectivity index (χ2n) is 14.7. The van der Waals surface area contributed by atoms with Crippen molar-refractivity contribution < 1.29 is 0 Å². The van der Waals surface area contributed by atoms with Gasteiger partial charge in [-0.1, -0.05) is 133 Å². The molecule has 260 valence electrons. The summed E-state index contributed by atoms with van der Waals surface area (Å²) in [5, 5.41) is 12.3. The molecule has 0 spiro atoms. The molecule has 12 rings (SSSR count). The molecule has 0 saturated carbocycles. The predicted octanol–water partition coefficient (Wildman–Crippen LogP) is 14.1. The van der Waals surface area contributed by atoms with Gasteiger partial charge in [0.1, 0.15) is 5.65 Å². The molecule has 0 N–H and O–H groups in total. The zero-order valence-electron chi connectivity index (χ0n) is 30.4. The van der Waals surface area contributed by atoms with Crippen molar-refractivity contribution in [3.63, 3.8) is 0 Å². The molecule has 0 bridgehead atoms. The zero-order valence-corrected chi connectivity index (χ0v) is 30.4. The summed E-state index contributed by atoms with van der Waals surface area (Å²) in [4.78, 5) is 4.91. The Morgan fingerprint density at radius 3 is 1.66 bits per heavy atom. The molecule has 3 nitrogen and oxygen atoms in total. The van der Waals surface area contributed by atoms with E-state index in [-0.39, 0.29) is 0 Å². The van der Waals surface area contributed by atoms with Crippen LogP contribution in [0.5, 0.6) is 0 Å². The lowest BCUT2D eigenvalue weighted by atomic mass is 9.84. The number of aromatic nitrogens is 3. The van der Waals surface area contributed by atoms with Crippen molar-refractivity contribution in [2.24, 2.45) is 0 Å². The number of benzene rings is 9. The van der Waals surface area contributed by atoms with Crippen LogP contribution in [-0.2, 0) is 0 Å². The maximum atomic E-state index is 4.91. The quantitative estimate of drug-likeness (QED) is 0.167. The van der Waals surface area contributed by atoms with Gasteiger partial charge in [0.15, 0.2) is 0 Å². The fourth-order valence-electron chi connectivity index (χ4n) is 9.39. The monoisotopic (exact) mass is 711 g/mol. The summed E-state index contributed by atoms with van der Waals surface area (Å²) < 4.78 is 4.72. The van der Waals surface area contributed by atoms with E-state index < -0.39 is 0 Å². The van der Waals surface area contributed by atoms with Gasteiger partial charge in [-0.3, -0.25) is 4.57 Å². The number of hydrogen-bond acceptors (Lipinski definition) is 1. The first-order valence-corrected chi connectivity index (χ1v) is 19.2. The highest BCUT2D eigenvalue weighted by Crippen LogP contribution is 2.46. The van der Waals surface area contributed by atoms with Crippen LogP contribution in [0, 0.1) is 0 Å². The van der Waals surface area contributed by atoms with Crippen LogP contribution in [0.25, 0.3) is 110 Å². The van der Waals surface area contributed by atoms with E-state index in [0.717, 1.165) is 27.9 Å². The van der Waals surface area contributed by atoms with Crippen molar-refractivity contribution in [1.82, 2.24) is 14.1 Å². The van der Waals surface area contributed by atoms with E-state index in [2.05, 4.69) is 197 Å². The van der Waals surface area contributed by atoms with Gasteiger partial charge in [-0.2, -0.15) is 0 Å².